The highest BCUT2D eigenvalue weighted by molar-refractivity contribution is 5.61. The number of nitrogens with one attached hydrogen (secondary N) is 1. The maximum Gasteiger partial charge on any atom is 0.295 e. The van der Waals surface area contributed by atoms with Gasteiger partial charge in [0, 0.05) is 0 Å². The van der Waals surface area contributed by atoms with Gasteiger partial charge in [-0.25, -0.2) is 4.39 Å². The quantitative estimate of drug-likeness (QED) is 0.612. The van der Waals surface area contributed by atoms with Crippen LogP contribution in [0.5, 0.6) is 0 Å². The van der Waals surface area contributed by atoms with Gasteiger partial charge >= 0.3 is 0 Å². The van der Waals surface area contributed by atoms with Gasteiger partial charge in [-0.2, -0.15) is 0 Å². The Morgan fingerprint density at radius 1 is 1.53 bits per heavy atom. The van der Waals surface area contributed by atoms with Crippen molar-refractivity contribution in [2.75, 3.05) is 11.9 Å². The van der Waals surface area contributed by atoms with Gasteiger partial charge in [0.15, 0.2) is 0 Å². The van der Waals surface area contributed by atoms with Crippen LogP contribution >= 0.6 is 0 Å². The molecule has 0 spiro atoms. The molecule has 0 amide bonds. The van der Waals surface area contributed by atoms with Crippen LogP contribution in [0.15, 0.2) is 18.2 Å². The normalized spacial score (nSPS) is 12.5. The zero-order chi connectivity index (χ0) is 13.0. The van der Waals surface area contributed by atoms with Crippen molar-refractivity contribution in [3.05, 3.63) is 34.1 Å². The van der Waals surface area contributed by atoms with Crippen molar-refractivity contribution in [1.29, 1.82) is 0 Å². The van der Waals surface area contributed by atoms with E-state index in [1.807, 2.05) is 13.8 Å². The van der Waals surface area contributed by atoms with Crippen molar-refractivity contribution in [3.63, 3.8) is 0 Å². The summed E-state index contributed by atoms with van der Waals surface area (Å²) in [6.45, 7) is 3.61. The average molecular weight is 242 g/mol. The van der Waals surface area contributed by atoms with Gasteiger partial charge in [0.25, 0.3) is 5.69 Å². The molecule has 0 saturated heterocycles. The van der Waals surface area contributed by atoms with E-state index >= 15 is 0 Å². The second-order valence-corrected chi connectivity index (χ2v) is 4.10. The average Bonchev–Trinajstić information content (AvgIpc) is 2.26. The maximum atomic E-state index is 12.9. The number of nitro groups is 1. The molecule has 0 aliphatic rings. The first-order valence-corrected chi connectivity index (χ1v) is 5.27. The predicted molar refractivity (Wildman–Crippen MR) is 62.4 cm³/mol. The fourth-order valence-corrected chi connectivity index (χ4v) is 1.40. The monoisotopic (exact) mass is 242 g/mol. The van der Waals surface area contributed by atoms with Gasteiger partial charge in [0.2, 0.25) is 0 Å². The summed E-state index contributed by atoms with van der Waals surface area (Å²) in [5.41, 5.74) is -0.117. The summed E-state index contributed by atoms with van der Waals surface area (Å²) in [5, 5.41) is 22.7. The number of nitro benzene ring substituents is 1. The molecule has 17 heavy (non-hydrogen) atoms. The minimum Gasteiger partial charge on any atom is -0.394 e. The number of aliphatic hydroxyl groups excluding tert-OH is 1. The third-order valence-corrected chi connectivity index (χ3v) is 2.50. The molecule has 0 aliphatic carbocycles. The second-order valence-electron chi connectivity index (χ2n) is 4.10. The fourth-order valence-electron chi connectivity index (χ4n) is 1.40. The Morgan fingerprint density at radius 3 is 2.65 bits per heavy atom. The smallest absolute Gasteiger partial charge is 0.295 e. The Morgan fingerprint density at radius 2 is 2.18 bits per heavy atom. The van der Waals surface area contributed by atoms with E-state index in [0.29, 0.717) is 0 Å². The summed E-state index contributed by atoms with van der Waals surface area (Å²) in [4.78, 5) is 10.1. The van der Waals surface area contributed by atoms with Crippen molar-refractivity contribution < 1.29 is 14.4 Å². The summed E-state index contributed by atoms with van der Waals surface area (Å²) in [7, 11) is 0. The molecule has 2 N–H and O–H groups in total. The number of hydrogen-bond acceptors (Lipinski definition) is 4. The van der Waals surface area contributed by atoms with Crippen LogP contribution in [0.4, 0.5) is 15.8 Å². The van der Waals surface area contributed by atoms with E-state index in [9.17, 15) is 14.5 Å². The van der Waals surface area contributed by atoms with Crippen LogP contribution in [-0.4, -0.2) is 22.7 Å². The topological polar surface area (TPSA) is 75.4 Å². The van der Waals surface area contributed by atoms with Crippen LogP contribution in [0.25, 0.3) is 0 Å². The number of aliphatic hydroxyl groups is 1. The summed E-state index contributed by atoms with van der Waals surface area (Å²) in [6, 6.07) is 3.00. The predicted octanol–water partition coefficient (Wildman–Crippen LogP) is 2.16. The van der Waals surface area contributed by atoms with Crippen LogP contribution in [0, 0.1) is 21.8 Å². The molecule has 5 nitrogen and oxygen atoms in total. The molecule has 1 aromatic rings. The molecule has 6 heteroatoms. The molecule has 0 fully saturated rings. The Bertz CT molecular complexity index is 410. The highest BCUT2D eigenvalue weighted by atomic mass is 19.1. The van der Waals surface area contributed by atoms with Crippen molar-refractivity contribution in [2.24, 2.45) is 5.92 Å². The molecule has 94 valence electrons. The lowest BCUT2D eigenvalue weighted by molar-refractivity contribution is -0.384. The maximum absolute atomic E-state index is 12.9. The number of nitrogens with zero attached hydrogens (tertiary/aromatic N) is 1. The second kappa shape index (κ2) is 5.58. The lowest BCUT2D eigenvalue weighted by atomic mass is 10.0. The van der Waals surface area contributed by atoms with Gasteiger partial charge in [0.05, 0.1) is 23.6 Å². The van der Waals surface area contributed by atoms with Gasteiger partial charge in [-0.3, -0.25) is 10.1 Å². The Balaban J connectivity index is 3.01. The third-order valence-electron chi connectivity index (χ3n) is 2.50. The number of rotatable bonds is 5. The number of benzene rings is 1. The molecule has 1 atom stereocenters. The van der Waals surface area contributed by atoms with Crippen LogP contribution in [-0.2, 0) is 0 Å². The number of halogens is 1. The van der Waals surface area contributed by atoms with Crippen molar-refractivity contribution in [3.8, 4) is 0 Å². The lowest BCUT2D eigenvalue weighted by Crippen LogP contribution is -2.29. The third kappa shape index (κ3) is 3.39. The first-order valence-electron chi connectivity index (χ1n) is 5.27. The van der Waals surface area contributed by atoms with E-state index in [4.69, 9.17) is 5.11 Å². The van der Waals surface area contributed by atoms with Crippen LogP contribution in [0.3, 0.4) is 0 Å². The summed E-state index contributed by atoms with van der Waals surface area (Å²) < 4.78 is 12.9. The van der Waals surface area contributed by atoms with E-state index in [1.165, 1.54) is 6.07 Å². The van der Waals surface area contributed by atoms with Crippen LogP contribution in [0.2, 0.25) is 0 Å². The summed E-state index contributed by atoms with van der Waals surface area (Å²) in [6.07, 6.45) is 0. The summed E-state index contributed by atoms with van der Waals surface area (Å²) >= 11 is 0. The zero-order valence-electron chi connectivity index (χ0n) is 9.68. The van der Waals surface area contributed by atoms with E-state index in [2.05, 4.69) is 5.32 Å². The molecule has 0 heterocycles. The Labute approximate surface area is 98.4 Å². The zero-order valence-corrected chi connectivity index (χ0v) is 9.68. The van der Waals surface area contributed by atoms with Crippen molar-refractivity contribution >= 4 is 11.4 Å². The van der Waals surface area contributed by atoms with Gasteiger partial charge in [-0.1, -0.05) is 13.8 Å². The standard InChI is InChI=1S/C11H15FN2O3/c1-7(2)10(6-15)13-9-4-3-8(12)5-11(9)14(16)17/h3-5,7,10,13,15H,6H2,1-2H3. The molecule has 0 aliphatic heterocycles. The first-order chi connectivity index (χ1) is 7.95. The number of anilines is 1. The first kappa shape index (κ1) is 13.4. The molecule has 1 aromatic carbocycles. The summed E-state index contributed by atoms with van der Waals surface area (Å²) in [5.74, 6) is -0.558. The molecule has 0 radical (unpaired) electrons. The van der Waals surface area contributed by atoms with E-state index < -0.39 is 10.7 Å². The molecule has 1 unspecified atom stereocenters. The largest absolute Gasteiger partial charge is 0.394 e. The highest BCUT2D eigenvalue weighted by Crippen LogP contribution is 2.26. The lowest BCUT2D eigenvalue weighted by Gasteiger charge is -2.20. The SMILES string of the molecule is CC(C)C(CO)Nc1ccc(F)cc1[N+](=O)[O-]. The van der Waals surface area contributed by atoms with Gasteiger partial charge in [-0.15, -0.1) is 0 Å². The van der Waals surface area contributed by atoms with Gasteiger partial charge < -0.3 is 10.4 Å². The molecular weight excluding hydrogens is 227 g/mol. The highest BCUT2D eigenvalue weighted by Gasteiger charge is 2.19. The van der Waals surface area contributed by atoms with Crippen molar-refractivity contribution in [2.45, 2.75) is 19.9 Å². The van der Waals surface area contributed by atoms with E-state index in [0.717, 1.165) is 12.1 Å². The van der Waals surface area contributed by atoms with Gasteiger partial charge in [-0.05, 0) is 18.1 Å². The van der Waals surface area contributed by atoms with E-state index in [-0.39, 0.29) is 29.9 Å². The molecular formula is C11H15FN2O3. The van der Waals surface area contributed by atoms with Gasteiger partial charge in [0.1, 0.15) is 11.5 Å². The van der Waals surface area contributed by atoms with Crippen LogP contribution < -0.4 is 5.32 Å². The molecule has 0 bridgehead atoms. The fraction of sp³-hybridized carbons (Fsp3) is 0.455. The Hall–Kier alpha value is -1.69. The van der Waals surface area contributed by atoms with Crippen molar-refractivity contribution in [1.82, 2.24) is 0 Å². The minimum atomic E-state index is -0.660. The number of hydrogen-bond donors (Lipinski definition) is 2. The molecule has 0 saturated carbocycles. The van der Waals surface area contributed by atoms with Crippen LogP contribution in [0.1, 0.15) is 13.8 Å². The molecule has 1 rings (SSSR count). The minimum absolute atomic E-state index is 0.102. The molecule has 0 aromatic heterocycles. The van der Waals surface area contributed by atoms with E-state index in [1.54, 1.807) is 0 Å². The Kier molecular flexibility index (Phi) is 4.39.